The van der Waals surface area contributed by atoms with Crippen LogP contribution in [-0.2, 0) is 20.9 Å². The predicted molar refractivity (Wildman–Crippen MR) is 124 cm³/mol. The van der Waals surface area contributed by atoms with Gasteiger partial charge in [-0.1, -0.05) is 11.6 Å². The Bertz CT molecular complexity index is 1430. The number of hydrogen-bond donors (Lipinski definition) is 5. The van der Waals surface area contributed by atoms with Gasteiger partial charge in [-0.05, 0) is 18.6 Å². The summed E-state index contributed by atoms with van der Waals surface area (Å²) in [5.74, 6) is -4.08. The maximum atomic E-state index is 12.5. The van der Waals surface area contributed by atoms with Crippen molar-refractivity contribution < 1.29 is 29.4 Å². The van der Waals surface area contributed by atoms with Gasteiger partial charge in [-0.15, -0.1) is 0 Å². The number of amides is 2. The number of rotatable bonds is 9. The molecule has 0 aliphatic heterocycles. The summed E-state index contributed by atoms with van der Waals surface area (Å²) >= 11 is 6.14. The third-order valence-corrected chi connectivity index (χ3v) is 5.08. The summed E-state index contributed by atoms with van der Waals surface area (Å²) in [7, 11) is 0. The van der Waals surface area contributed by atoms with Crippen LogP contribution in [0.25, 0.3) is 11.2 Å². The highest BCUT2D eigenvalue weighted by molar-refractivity contribution is 6.32. The van der Waals surface area contributed by atoms with Crippen molar-refractivity contribution in [1.29, 1.82) is 0 Å². The number of aromatic nitrogens is 5. The Morgan fingerprint density at radius 2 is 1.92 bits per heavy atom. The van der Waals surface area contributed by atoms with Crippen molar-refractivity contribution in [3.63, 3.8) is 0 Å². The highest BCUT2D eigenvalue weighted by atomic mass is 35.5. The number of H-pyrrole nitrogens is 1. The molecule has 0 radical (unpaired) electrons. The molecule has 3 aromatic rings. The molecule has 3 heterocycles. The number of nitrogens with zero attached hydrogens (tertiary/aromatic N) is 5. The summed E-state index contributed by atoms with van der Waals surface area (Å²) in [6.45, 7) is 1.09. The van der Waals surface area contributed by atoms with Gasteiger partial charge in [0.05, 0.1) is 24.0 Å². The largest absolute Gasteiger partial charge is 0.481 e. The summed E-state index contributed by atoms with van der Waals surface area (Å²) < 4.78 is 0. The lowest BCUT2D eigenvalue weighted by Gasteiger charge is -2.20. The molecule has 1 atom stereocenters. The molecule has 0 unspecified atom stereocenters. The number of halogens is 1. The van der Waals surface area contributed by atoms with E-state index >= 15 is 0 Å². The van der Waals surface area contributed by atoms with Crippen molar-refractivity contribution in [2.75, 3.05) is 10.6 Å². The van der Waals surface area contributed by atoms with Gasteiger partial charge in [0.1, 0.15) is 17.0 Å². The van der Waals surface area contributed by atoms with Crippen LogP contribution in [0.1, 0.15) is 35.8 Å². The van der Waals surface area contributed by atoms with E-state index in [0.29, 0.717) is 0 Å². The smallest absolute Gasteiger partial charge is 0.326 e. The Hall–Kier alpha value is -4.66. The number of nitrogens with two attached hydrogens (primary N) is 1. The van der Waals surface area contributed by atoms with Crippen molar-refractivity contribution in [1.82, 2.24) is 30.2 Å². The maximum Gasteiger partial charge on any atom is 0.326 e. The number of pyridine rings is 1. The van der Waals surface area contributed by atoms with Crippen LogP contribution in [0.3, 0.4) is 0 Å². The van der Waals surface area contributed by atoms with Crippen LogP contribution in [0.2, 0.25) is 5.15 Å². The zero-order valence-electron chi connectivity index (χ0n) is 18.6. The molecule has 0 spiro atoms. The molecule has 0 bridgehead atoms. The number of anilines is 2. The third-order valence-electron chi connectivity index (χ3n) is 4.79. The summed E-state index contributed by atoms with van der Waals surface area (Å²) in [5.41, 5.74) is 4.84. The van der Waals surface area contributed by atoms with Crippen LogP contribution >= 0.6 is 11.6 Å². The molecule has 3 aromatic heterocycles. The summed E-state index contributed by atoms with van der Waals surface area (Å²) in [5, 5.41) is 19.8. The number of nitrogen functional groups attached to an aromatic ring is 1. The predicted octanol–water partition coefficient (Wildman–Crippen LogP) is -0.0554. The molecule has 0 saturated carbocycles. The van der Waals surface area contributed by atoms with Gasteiger partial charge in [-0.2, -0.15) is 4.98 Å². The van der Waals surface area contributed by atoms with E-state index in [1.165, 1.54) is 25.3 Å². The van der Waals surface area contributed by atoms with Crippen molar-refractivity contribution >= 4 is 58.3 Å². The molecule has 3 rings (SSSR count). The summed E-state index contributed by atoms with van der Waals surface area (Å²) in [6, 6.07) is 1.08. The van der Waals surface area contributed by atoms with Crippen LogP contribution in [-0.4, -0.2) is 64.9 Å². The Kier molecular flexibility index (Phi) is 7.73. The molecule has 188 valence electrons. The van der Waals surface area contributed by atoms with E-state index in [4.69, 9.17) is 22.4 Å². The fourth-order valence-electron chi connectivity index (χ4n) is 3.07. The van der Waals surface area contributed by atoms with Gasteiger partial charge in [0.2, 0.25) is 11.9 Å². The molecule has 2 amide bonds. The normalized spacial score (nSPS) is 11.6. The van der Waals surface area contributed by atoms with E-state index < -0.39 is 41.8 Å². The second-order valence-electron chi connectivity index (χ2n) is 7.39. The molecule has 36 heavy (non-hydrogen) atoms. The standard InChI is InChI=1S/C20H19ClN8O7/c1-8(30)29(7-9-6-23-16-14(24-9)18(34)28-20(22)27-16)12-4-2-10(15(21)26-12)17(33)25-11(19(35)36)3-5-13(31)32/h2,4,6,11H,3,5,7H2,1H3,(H,25,33)(H,31,32)(H,35,36)(H3,22,23,27,28,34)/t11-/m0/s1. The van der Waals surface area contributed by atoms with Gasteiger partial charge in [0.15, 0.2) is 11.2 Å². The molecular weight excluding hydrogens is 500 g/mol. The molecule has 0 aromatic carbocycles. The minimum atomic E-state index is -1.46. The van der Waals surface area contributed by atoms with E-state index in [9.17, 15) is 29.1 Å². The molecule has 0 saturated heterocycles. The topological polar surface area (TPSA) is 234 Å². The number of aromatic amines is 1. The Morgan fingerprint density at radius 3 is 2.53 bits per heavy atom. The monoisotopic (exact) mass is 518 g/mol. The van der Waals surface area contributed by atoms with E-state index in [-0.39, 0.29) is 52.3 Å². The number of carboxylic acids is 2. The highest BCUT2D eigenvalue weighted by Crippen LogP contribution is 2.21. The molecule has 0 aliphatic rings. The SMILES string of the molecule is CC(=O)N(Cc1cnc2nc(N)[nH]c(=O)c2n1)c1ccc(C(=O)N[C@@H](CCC(=O)O)C(=O)O)c(Cl)n1. The lowest BCUT2D eigenvalue weighted by molar-refractivity contribution is -0.140. The molecule has 15 nitrogen and oxygen atoms in total. The van der Waals surface area contributed by atoms with Gasteiger partial charge >= 0.3 is 11.9 Å². The van der Waals surface area contributed by atoms with E-state index in [0.717, 1.165) is 4.90 Å². The average molecular weight is 519 g/mol. The molecule has 0 fully saturated rings. The van der Waals surface area contributed by atoms with E-state index in [1.54, 1.807) is 0 Å². The van der Waals surface area contributed by atoms with Gasteiger partial charge in [-0.3, -0.25) is 29.1 Å². The van der Waals surface area contributed by atoms with Gasteiger partial charge in [0, 0.05) is 13.3 Å². The molecule has 16 heteroatoms. The van der Waals surface area contributed by atoms with Gasteiger partial charge in [-0.25, -0.2) is 19.7 Å². The minimum absolute atomic E-state index is 0.0222. The van der Waals surface area contributed by atoms with Crippen molar-refractivity contribution in [3.05, 3.63) is 45.1 Å². The molecule has 0 aliphatic carbocycles. The second kappa shape index (κ2) is 10.7. The van der Waals surface area contributed by atoms with Crippen LogP contribution in [0.5, 0.6) is 0 Å². The van der Waals surface area contributed by atoms with Crippen LogP contribution < -0.4 is 21.5 Å². The average Bonchev–Trinajstić information content (AvgIpc) is 2.79. The second-order valence-corrected chi connectivity index (χ2v) is 7.75. The Labute approximate surface area is 206 Å². The number of hydrogen-bond acceptors (Lipinski definition) is 10. The number of carboxylic acid groups (broad SMARTS) is 2. The zero-order valence-corrected chi connectivity index (χ0v) is 19.3. The maximum absolute atomic E-state index is 12.5. The van der Waals surface area contributed by atoms with Gasteiger partial charge in [0.25, 0.3) is 11.5 Å². The fraction of sp³-hybridized carbons (Fsp3) is 0.250. The van der Waals surface area contributed by atoms with Crippen molar-refractivity contribution in [2.45, 2.75) is 32.4 Å². The number of carbonyl (C=O) groups excluding carboxylic acids is 2. The van der Waals surface area contributed by atoms with Gasteiger partial charge < -0.3 is 21.3 Å². The summed E-state index contributed by atoms with van der Waals surface area (Å²) in [4.78, 5) is 78.6. The quantitative estimate of drug-likeness (QED) is 0.234. The number of nitrogens with one attached hydrogen (secondary N) is 2. The first-order valence-corrected chi connectivity index (χ1v) is 10.6. The lowest BCUT2D eigenvalue weighted by atomic mass is 10.1. The first-order valence-electron chi connectivity index (χ1n) is 10.2. The fourth-order valence-corrected chi connectivity index (χ4v) is 3.30. The lowest BCUT2D eigenvalue weighted by Crippen LogP contribution is -2.41. The Morgan fingerprint density at radius 1 is 1.19 bits per heavy atom. The van der Waals surface area contributed by atoms with Crippen molar-refractivity contribution in [2.24, 2.45) is 0 Å². The van der Waals surface area contributed by atoms with Crippen LogP contribution in [0.15, 0.2) is 23.1 Å². The molecular formula is C20H19ClN8O7. The van der Waals surface area contributed by atoms with E-state index in [1.807, 2.05) is 0 Å². The van der Waals surface area contributed by atoms with Crippen LogP contribution in [0.4, 0.5) is 11.8 Å². The van der Waals surface area contributed by atoms with Crippen molar-refractivity contribution in [3.8, 4) is 0 Å². The third kappa shape index (κ3) is 6.06. The Balaban J connectivity index is 1.84. The van der Waals surface area contributed by atoms with Crippen LogP contribution in [0, 0.1) is 0 Å². The van der Waals surface area contributed by atoms with E-state index in [2.05, 4.69) is 30.2 Å². The number of aliphatic carboxylic acids is 2. The molecule has 6 N–H and O–H groups in total. The number of fused-ring (bicyclic) bond motifs is 1. The summed E-state index contributed by atoms with van der Waals surface area (Å²) in [6.07, 6.45) is 0.495. The first kappa shape index (κ1) is 26.0. The highest BCUT2D eigenvalue weighted by Gasteiger charge is 2.24. The number of carbonyl (C=O) groups is 4. The first-order chi connectivity index (χ1) is 17.0. The minimum Gasteiger partial charge on any atom is -0.481 e. The zero-order chi connectivity index (χ0) is 26.6.